The number of benzene rings is 1. The van der Waals surface area contributed by atoms with Crippen molar-refractivity contribution < 1.29 is 9.90 Å². The second-order valence-corrected chi connectivity index (χ2v) is 8.99. The van der Waals surface area contributed by atoms with E-state index in [-0.39, 0.29) is 5.92 Å². The number of piperidine rings is 1. The molecule has 2 aromatic heterocycles. The van der Waals surface area contributed by atoms with Gasteiger partial charge in [-0.1, -0.05) is 6.08 Å². The summed E-state index contributed by atoms with van der Waals surface area (Å²) in [5.74, 6) is -0.449. The minimum absolute atomic E-state index is 0.0246. The van der Waals surface area contributed by atoms with Gasteiger partial charge in [-0.05, 0) is 57.4 Å². The van der Waals surface area contributed by atoms with Gasteiger partial charge < -0.3 is 20.7 Å². The molecule has 0 aliphatic carbocycles. The predicted octanol–water partition coefficient (Wildman–Crippen LogP) is 3.63. The van der Waals surface area contributed by atoms with Crippen LogP contribution in [0.3, 0.4) is 0 Å². The van der Waals surface area contributed by atoms with E-state index in [1.807, 2.05) is 20.1 Å². The zero-order valence-corrected chi connectivity index (χ0v) is 17.9. The van der Waals surface area contributed by atoms with E-state index in [9.17, 15) is 9.90 Å². The molecule has 7 heteroatoms. The number of fused-ring (bicyclic) bond motifs is 3. The zero-order valence-electron chi connectivity index (χ0n) is 17.9. The van der Waals surface area contributed by atoms with Gasteiger partial charge in [0.15, 0.2) is 0 Å². The third kappa shape index (κ3) is 3.59. The second kappa shape index (κ2) is 7.20. The predicted molar refractivity (Wildman–Crippen MR) is 124 cm³/mol. The molecule has 1 atom stereocenters. The standard InChI is InChI=1S/C24H27N5O2/c1-14-3-4-15(13-26-14)19-12-18(23(25)30)22-21(27-19)17-6-5-16(11-20(17)28-22)29-9-7-24(2,31)8-10-29/h3,5-6,11-13,15,28,31H,4,7-10H2,1-2H3,(H2,25,30). The van der Waals surface area contributed by atoms with Gasteiger partial charge in [-0.15, -0.1) is 0 Å². The molecule has 3 aromatic rings. The second-order valence-electron chi connectivity index (χ2n) is 8.99. The van der Waals surface area contributed by atoms with Crippen LogP contribution in [0.1, 0.15) is 55.1 Å². The number of anilines is 1. The van der Waals surface area contributed by atoms with Crippen LogP contribution < -0.4 is 10.6 Å². The van der Waals surface area contributed by atoms with Crippen molar-refractivity contribution >= 4 is 39.7 Å². The van der Waals surface area contributed by atoms with E-state index >= 15 is 0 Å². The number of aliphatic hydroxyl groups is 1. The maximum absolute atomic E-state index is 12.3. The SMILES string of the molecule is CC1=CCC(c2cc(C(N)=O)c3[nH]c4cc(N5CCC(C)(O)CC5)ccc4c3n2)C=N1. The zero-order chi connectivity index (χ0) is 21.8. The van der Waals surface area contributed by atoms with Gasteiger partial charge in [0, 0.05) is 42.0 Å². The lowest BCUT2D eigenvalue weighted by atomic mass is 9.93. The summed E-state index contributed by atoms with van der Waals surface area (Å²) in [4.78, 5) is 27.2. The molecule has 31 heavy (non-hydrogen) atoms. The average molecular weight is 418 g/mol. The molecule has 160 valence electrons. The Morgan fingerprint density at radius 3 is 2.74 bits per heavy atom. The molecule has 0 bridgehead atoms. The molecule has 2 aliphatic heterocycles. The molecule has 4 heterocycles. The van der Waals surface area contributed by atoms with E-state index in [2.05, 4.69) is 39.2 Å². The number of allylic oxidation sites excluding steroid dienone is 2. The summed E-state index contributed by atoms with van der Waals surface area (Å²) in [6, 6.07) is 8.02. The normalized spacial score (nSPS) is 20.9. The highest BCUT2D eigenvalue weighted by Gasteiger charge is 2.28. The third-order valence-corrected chi connectivity index (χ3v) is 6.53. The first-order valence-corrected chi connectivity index (χ1v) is 10.8. The van der Waals surface area contributed by atoms with Crippen molar-refractivity contribution in [2.45, 2.75) is 44.6 Å². The quantitative estimate of drug-likeness (QED) is 0.605. The smallest absolute Gasteiger partial charge is 0.250 e. The van der Waals surface area contributed by atoms with Gasteiger partial charge in [0.05, 0.1) is 33.4 Å². The fourth-order valence-corrected chi connectivity index (χ4v) is 4.51. The summed E-state index contributed by atoms with van der Waals surface area (Å²) in [6.45, 7) is 5.48. The number of nitrogens with two attached hydrogens (primary N) is 1. The Morgan fingerprint density at radius 2 is 2.06 bits per heavy atom. The molecule has 1 unspecified atom stereocenters. The lowest BCUT2D eigenvalue weighted by Gasteiger charge is -2.37. The molecule has 2 aliphatic rings. The van der Waals surface area contributed by atoms with E-state index in [1.54, 1.807) is 6.07 Å². The summed E-state index contributed by atoms with van der Waals surface area (Å²) in [5, 5.41) is 11.2. The molecule has 1 amide bonds. The number of aromatic amines is 1. The summed E-state index contributed by atoms with van der Waals surface area (Å²) in [7, 11) is 0. The Kier molecular flexibility index (Phi) is 4.59. The van der Waals surface area contributed by atoms with Gasteiger partial charge in [0.1, 0.15) is 0 Å². The first-order chi connectivity index (χ1) is 14.8. The molecule has 0 saturated carbocycles. The van der Waals surface area contributed by atoms with E-state index in [0.29, 0.717) is 11.1 Å². The lowest BCUT2D eigenvalue weighted by Crippen LogP contribution is -2.42. The fourth-order valence-electron chi connectivity index (χ4n) is 4.51. The maximum atomic E-state index is 12.3. The molecule has 7 nitrogen and oxygen atoms in total. The van der Waals surface area contributed by atoms with Crippen molar-refractivity contribution in [3.05, 3.63) is 47.3 Å². The van der Waals surface area contributed by atoms with Crippen LogP contribution in [0.2, 0.25) is 0 Å². The molecule has 0 radical (unpaired) electrons. The van der Waals surface area contributed by atoms with Gasteiger partial charge in [-0.3, -0.25) is 9.79 Å². The van der Waals surface area contributed by atoms with Gasteiger partial charge in [0.2, 0.25) is 0 Å². The van der Waals surface area contributed by atoms with Gasteiger partial charge >= 0.3 is 0 Å². The van der Waals surface area contributed by atoms with E-state index in [0.717, 1.165) is 65.8 Å². The number of hydrogen-bond acceptors (Lipinski definition) is 5. The summed E-state index contributed by atoms with van der Waals surface area (Å²) in [6.07, 6.45) is 6.26. The number of nitrogens with one attached hydrogen (secondary N) is 1. The highest BCUT2D eigenvalue weighted by Crippen LogP contribution is 2.33. The van der Waals surface area contributed by atoms with Crippen molar-refractivity contribution in [2.75, 3.05) is 18.0 Å². The maximum Gasteiger partial charge on any atom is 0.250 e. The Morgan fingerprint density at radius 1 is 1.29 bits per heavy atom. The van der Waals surface area contributed by atoms with Crippen LogP contribution in [0.25, 0.3) is 21.9 Å². The fraction of sp³-hybridized carbons (Fsp3) is 0.375. The number of primary amides is 1. The number of carbonyl (C=O) groups is 1. The number of aromatic nitrogens is 2. The molecule has 4 N–H and O–H groups in total. The number of aliphatic imine (C=N–C) groups is 1. The Labute approximate surface area is 180 Å². The Hall–Kier alpha value is -3.19. The molecule has 5 rings (SSSR count). The van der Waals surface area contributed by atoms with Crippen molar-refractivity contribution in [3.63, 3.8) is 0 Å². The molecule has 1 saturated heterocycles. The lowest BCUT2D eigenvalue weighted by molar-refractivity contribution is 0.0351. The largest absolute Gasteiger partial charge is 0.390 e. The number of H-pyrrole nitrogens is 1. The highest BCUT2D eigenvalue weighted by molar-refractivity contribution is 6.13. The Balaban J connectivity index is 1.58. The van der Waals surface area contributed by atoms with Crippen LogP contribution >= 0.6 is 0 Å². The van der Waals surface area contributed by atoms with Gasteiger partial charge in [-0.2, -0.15) is 0 Å². The van der Waals surface area contributed by atoms with E-state index in [1.165, 1.54) is 0 Å². The number of rotatable bonds is 3. The molecule has 1 fully saturated rings. The van der Waals surface area contributed by atoms with Crippen molar-refractivity contribution in [2.24, 2.45) is 10.7 Å². The molecular weight excluding hydrogens is 390 g/mol. The van der Waals surface area contributed by atoms with Gasteiger partial charge in [-0.25, -0.2) is 4.98 Å². The minimum Gasteiger partial charge on any atom is -0.390 e. The van der Waals surface area contributed by atoms with Crippen LogP contribution in [-0.4, -0.2) is 45.9 Å². The minimum atomic E-state index is -0.589. The number of carbonyl (C=O) groups excluding carboxylic acids is 1. The van der Waals surface area contributed by atoms with Crippen molar-refractivity contribution in [1.29, 1.82) is 0 Å². The van der Waals surface area contributed by atoms with E-state index < -0.39 is 11.5 Å². The summed E-state index contributed by atoms with van der Waals surface area (Å²) >= 11 is 0. The molecular formula is C24H27N5O2. The monoisotopic (exact) mass is 417 g/mol. The number of hydrogen-bond donors (Lipinski definition) is 3. The first-order valence-electron chi connectivity index (χ1n) is 10.8. The third-order valence-electron chi connectivity index (χ3n) is 6.53. The van der Waals surface area contributed by atoms with Crippen LogP contribution in [-0.2, 0) is 0 Å². The first kappa shape index (κ1) is 19.8. The van der Waals surface area contributed by atoms with Crippen LogP contribution in [0.15, 0.2) is 41.0 Å². The number of amides is 1. The van der Waals surface area contributed by atoms with Crippen LogP contribution in [0.5, 0.6) is 0 Å². The summed E-state index contributed by atoms with van der Waals surface area (Å²) in [5.41, 5.74) is 10.8. The van der Waals surface area contributed by atoms with E-state index in [4.69, 9.17) is 10.7 Å². The number of pyridine rings is 1. The van der Waals surface area contributed by atoms with Gasteiger partial charge in [0.25, 0.3) is 5.91 Å². The van der Waals surface area contributed by atoms with Crippen LogP contribution in [0, 0.1) is 0 Å². The summed E-state index contributed by atoms with van der Waals surface area (Å²) < 4.78 is 0. The number of nitrogens with zero attached hydrogens (tertiary/aromatic N) is 3. The molecule has 0 spiro atoms. The molecule has 1 aromatic carbocycles. The average Bonchev–Trinajstić information content (AvgIpc) is 3.11. The topological polar surface area (TPSA) is 108 Å². The van der Waals surface area contributed by atoms with Crippen LogP contribution in [0.4, 0.5) is 5.69 Å². The highest BCUT2D eigenvalue weighted by atomic mass is 16.3. The van der Waals surface area contributed by atoms with Crippen molar-refractivity contribution in [3.8, 4) is 0 Å². The Bertz CT molecular complexity index is 1240. The van der Waals surface area contributed by atoms with Crippen molar-refractivity contribution in [1.82, 2.24) is 9.97 Å².